The average molecular weight is 439 g/mol. The van der Waals surface area contributed by atoms with Crippen LogP contribution in [0.1, 0.15) is 52.0 Å². The molecule has 1 aromatic heterocycles. The summed E-state index contributed by atoms with van der Waals surface area (Å²) in [5.74, 6) is -0.213. The van der Waals surface area contributed by atoms with Crippen LogP contribution in [0, 0.1) is 5.82 Å². The molecule has 8 heteroatoms. The maximum Gasteiger partial charge on any atom is 0.255 e. The summed E-state index contributed by atoms with van der Waals surface area (Å²) in [6, 6.07) is 6.53. The standard InChI is InChI=1S/C24H27FN4O3/c25-21-12-19(6-7-20(21)23(30)27-18-14-32-15-18)29-10-4-5-16-11-17(13-26-22(16)29)24(31)28-8-2-1-3-9-28/h6-7,11-13,18H,1-5,8-10,14-15H2,(H,27,30). The van der Waals surface area contributed by atoms with E-state index in [2.05, 4.69) is 10.3 Å². The number of hydrogen-bond donors (Lipinski definition) is 1. The van der Waals surface area contributed by atoms with Gasteiger partial charge in [0.05, 0.1) is 30.4 Å². The van der Waals surface area contributed by atoms with Crippen molar-refractivity contribution in [3.05, 3.63) is 53.0 Å². The number of rotatable bonds is 4. The molecule has 32 heavy (non-hydrogen) atoms. The molecule has 0 radical (unpaired) electrons. The van der Waals surface area contributed by atoms with Gasteiger partial charge >= 0.3 is 0 Å². The smallest absolute Gasteiger partial charge is 0.255 e. The van der Waals surface area contributed by atoms with Crippen LogP contribution in [0.25, 0.3) is 0 Å². The molecular weight excluding hydrogens is 411 g/mol. The number of halogens is 1. The van der Waals surface area contributed by atoms with Crippen molar-refractivity contribution < 1.29 is 18.7 Å². The number of benzene rings is 1. The van der Waals surface area contributed by atoms with Gasteiger partial charge < -0.3 is 19.9 Å². The third-order valence-corrected chi connectivity index (χ3v) is 6.40. The summed E-state index contributed by atoms with van der Waals surface area (Å²) in [6.45, 7) is 3.22. The summed E-state index contributed by atoms with van der Waals surface area (Å²) in [5, 5.41) is 2.77. The van der Waals surface area contributed by atoms with Gasteiger partial charge in [-0.1, -0.05) is 0 Å². The number of hydrogen-bond acceptors (Lipinski definition) is 5. The van der Waals surface area contributed by atoms with E-state index in [1.54, 1.807) is 12.3 Å². The molecule has 0 aliphatic carbocycles. The van der Waals surface area contributed by atoms with Crippen LogP contribution in [-0.2, 0) is 11.2 Å². The second-order valence-electron chi connectivity index (χ2n) is 8.69. The highest BCUT2D eigenvalue weighted by Crippen LogP contribution is 2.33. The van der Waals surface area contributed by atoms with Crippen LogP contribution in [0.2, 0.25) is 0 Å². The summed E-state index contributed by atoms with van der Waals surface area (Å²) in [6.07, 6.45) is 6.60. The Morgan fingerprint density at radius 1 is 1.06 bits per heavy atom. The van der Waals surface area contributed by atoms with Gasteiger partial charge in [0, 0.05) is 31.5 Å². The molecule has 3 aliphatic heterocycles. The van der Waals surface area contributed by atoms with Gasteiger partial charge in [-0.25, -0.2) is 9.37 Å². The minimum atomic E-state index is -0.565. The van der Waals surface area contributed by atoms with Gasteiger partial charge in [0.1, 0.15) is 11.6 Å². The minimum Gasteiger partial charge on any atom is -0.377 e. The van der Waals surface area contributed by atoms with Crippen molar-refractivity contribution in [3.63, 3.8) is 0 Å². The first-order chi connectivity index (χ1) is 15.6. The molecule has 4 heterocycles. The van der Waals surface area contributed by atoms with E-state index >= 15 is 0 Å². The molecule has 0 spiro atoms. The Kier molecular flexibility index (Phi) is 5.78. The molecule has 2 amide bonds. The Labute approximate surface area is 186 Å². The Hall–Kier alpha value is -3.00. The molecule has 1 aromatic carbocycles. The molecule has 0 atom stereocenters. The summed E-state index contributed by atoms with van der Waals surface area (Å²) in [5.41, 5.74) is 2.28. The van der Waals surface area contributed by atoms with Crippen molar-refractivity contribution in [1.82, 2.24) is 15.2 Å². The number of amides is 2. The third-order valence-electron chi connectivity index (χ3n) is 6.40. The number of aryl methyl sites for hydroxylation is 1. The maximum absolute atomic E-state index is 14.8. The molecule has 0 bridgehead atoms. The molecule has 168 valence electrons. The SMILES string of the molecule is O=C(NC1COC1)c1ccc(N2CCCc3cc(C(=O)N4CCCCC4)cnc32)cc1F. The van der Waals surface area contributed by atoms with Crippen molar-refractivity contribution >= 4 is 23.3 Å². The van der Waals surface area contributed by atoms with E-state index in [1.165, 1.54) is 18.6 Å². The van der Waals surface area contributed by atoms with Crippen LogP contribution in [-0.4, -0.2) is 60.6 Å². The van der Waals surface area contributed by atoms with Gasteiger partial charge in [0.2, 0.25) is 0 Å². The van der Waals surface area contributed by atoms with Crippen LogP contribution in [0.15, 0.2) is 30.5 Å². The minimum absolute atomic E-state index is 0.0216. The Morgan fingerprint density at radius 3 is 2.59 bits per heavy atom. The second kappa shape index (κ2) is 8.86. The van der Waals surface area contributed by atoms with Crippen LogP contribution in [0.3, 0.4) is 0 Å². The van der Waals surface area contributed by atoms with E-state index in [4.69, 9.17) is 4.74 Å². The lowest BCUT2D eigenvalue weighted by molar-refractivity contribution is -0.00352. The number of anilines is 2. The fourth-order valence-corrected chi connectivity index (χ4v) is 4.55. The van der Waals surface area contributed by atoms with Crippen LogP contribution < -0.4 is 10.2 Å². The number of likely N-dealkylation sites (tertiary alicyclic amines) is 1. The van der Waals surface area contributed by atoms with E-state index in [0.29, 0.717) is 31.0 Å². The van der Waals surface area contributed by atoms with E-state index < -0.39 is 11.7 Å². The van der Waals surface area contributed by atoms with Gasteiger partial charge in [0.15, 0.2) is 0 Å². The largest absolute Gasteiger partial charge is 0.377 e. The van der Waals surface area contributed by atoms with E-state index in [0.717, 1.165) is 50.2 Å². The van der Waals surface area contributed by atoms with E-state index in [1.807, 2.05) is 15.9 Å². The predicted molar refractivity (Wildman–Crippen MR) is 118 cm³/mol. The van der Waals surface area contributed by atoms with Gasteiger partial charge in [0.25, 0.3) is 11.8 Å². The maximum atomic E-state index is 14.8. The number of fused-ring (bicyclic) bond motifs is 1. The number of carbonyl (C=O) groups excluding carboxylic acids is 2. The van der Waals surface area contributed by atoms with Gasteiger partial charge in [-0.15, -0.1) is 0 Å². The Balaban J connectivity index is 1.36. The zero-order valence-corrected chi connectivity index (χ0v) is 18.0. The topological polar surface area (TPSA) is 74.8 Å². The molecule has 0 unspecified atom stereocenters. The van der Waals surface area contributed by atoms with Gasteiger partial charge in [-0.05, 0) is 61.9 Å². The molecular formula is C24H27FN4O3. The lowest BCUT2D eigenvalue weighted by Gasteiger charge is -2.31. The van der Waals surface area contributed by atoms with Gasteiger partial charge in [-0.3, -0.25) is 9.59 Å². The van der Waals surface area contributed by atoms with Crippen molar-refractivity contribution in [2.45, 2.75) is 38.1 Å². The fraction of sp³-hybridized carbons (Fsp3) is 0.458. The number of piperidine rings is 1. The van der Waals surface area contributed by atoms with Crippen molar-refractivity contribution in [2.75, 3.05) is 37.7 Å². The highest BCUT2D eigenvalue weighted by atomic mass is 19.1. The zero-order valence-electron chi connectivity index (χ0n) is 18.0. The van der Waals surface area contributed by atoms with E-state index in [-0.39, 0.29) is 17.5 Å². The monoisotopic (exact) mass is 438 g/mol. The molecule has 2 aromatic rings. The van der Waals surface area contributed by atoms with Crippen molar-refractivity contribution in [1.29, 1.82) is 0 Å². The molecule has 7 nitrogen and oxygen atoms in total. The number of pyridine rings is 1. The normalized spacial score (nSPS) is 18.7. The highest BCUT2D eigenvalue weighted by Gasteiger charge is 2.26. The molecule has 0 saturated carbocycles. The predicted octanol–water partition coefficient (Wildman–Crippen LogP) is 3.06. The van der Waals surface area contributed by atoms with Crippen LogP contribution in [0.5, 0.6) is 0 Å². The van der Waals surface area contributed by atoms with Crippen molar-refractivity contribution in [2.24, 2.45) is 0 Å². The number of nitrogens with one attached hydrogen (secondary N) is 1. The number of nitrogens with zero attached hydrogens (tertiary/aromatic N) is 3. The van der Waals surface area contributed by atoms with Crippen LogP contribution >= 0.6 is 0 Å². The lowest BCUT2D eigenvalue weighted by Crippen LogP contribution is -2.48. The van der Waals surface area contributed by atoms with Crippen LogP contribution in [0.4, 0.5) is 15.9 Å². The third kappa shape index (κ3) is 4.07. The number of aromatic nitrogens is 1. The molecule has 1 N–H and O–H groups in total. The Bertz CT molecular complexity index is 1030. The first kappa shape index (κ1) is 20.9. The molecule has 5 rings (SSSR count). The zero-order chi connectivity index (χ0) is 22.1. The fourth-order valence-electron chi connectivity index (χ4n) is 4.55. The first-order valence-electron chi connectivity index (χ1n) is 11.3. The molecule has 2 fully saturated rings. The summed E-state index contributed by atoms with van der Waals surface area (Å²) < 4.78 is 19.8. The lowest BCUT2D eigenvalue weighted by atomic mass is 10.0. The molecule has 2 saturated heterocycles. The van der Waals surface area contributed by atoms with E-state index in [9.17, 15) is 14.0 Å². The summed E-state index contributed by atoms with van der Waals surface area (Å²) in [7, 11) is 0. The quantitative estimate of drug-likeness (QED) is 0.794. The number of ether oxygens (including phenoxy) is 1. The molecule has 3 aliphatic rings. The second-order valence-corrected chi connectivity index (χ2v) is 8.69. The van der Waals surface area contributed by atoms with Gasteiger partial charge in [-0.2, -0.15) is 0 Å². The first-order valence-corrected chi connectivity index (χ1v) is 11.3. The Morgan fingerprint density at radius 2 is 1.88 bits per heavy atom. The van der Waals surface area contributed by atoms with Crippen molar-refractivity contribution in [3.8, 4) is 0 Å². The number of carbonyl (C=O) groups is 2. The highest BCUT2D eigenvalue weighted by molar-refractivity contribution is 5.96. The average Bonchev–Trinajstić information content (AvgIpc) is 2.80. The summed E-state index contributed by atoms with van der Waals surface area (Å²) in [4.78, 5) is 33.6. The summed E-state index contributed by atoms with van der Waals surface area (Å²) >= 11 is 0.